The van der Waals surface area contributed by atoms with Gasteiger partial charge in [-0.2, -0.15) is 0 Å². The molecular weight excluding hydrogens is 250 g/mol. The molecule has 0 spiro atoms. The highest BCUT2D eigenvalue weighted by atomic mass is 16.5. The standard InChI is InChI=1S/C17H15NO2/c1-20-17(19)14-5-2-12(3-6-14)10-13-4-7-16-15(11-13)8-9-18-16/h2-9,11,18H,10H2,1H3. The largest absolute Gasteiger partial charge is 0.465 e. The van der Waals surface area contributed by atoms with Crippen LogP contribution in [0.5, 0.6) is 0 Å². The minimum absolute atomic E-state index is 0.301. The van der Waals surface area contributed by atoms with Crippen molar-refractivity contribution in [1.29, 1.82) is 0 Å². The maximum atomic E-state index is 11.4. The van der Waals surface area contributed by atoms with E-state index < -0.39 is 0 Å². The van der Waals surface area contributed by atoms with Crippen LogP contribution in [0.1, 0.15) is 21.5 Å². The average molecular weight is 265 g/mol. The third kappa shape index (κ3) is 2.43. The first kappa shape index (κ1) is 12.5. The molecule has 0 saturated carbocycles. The van der Waals surface area contributed by atoms with E-state index in [0.717, 1.165) is 11.9 Å². The summed E-state index contributed by atoms with van der Waals surface area (Å²) >= 11 is 0. The van der Waals surface area contributed by atoms with Gasteiger partial charge in [0.1, 0.15) is 0 Å². The predicted octanol–water partition coefficient (Wildman–Crippen LogP) is 3.55. The van der Waals surface area contributed by atoms with Crippen molar-refractivity contribution in [2.45, 2.75) is 6.42 Å². The summed E-state index contributed by atoms with van der Waals surface area (Å²) in [5.41, 5.74) is 4.16. The maximum absolute atomic E-state index is 11.4. The number of rotatable bonds is 3. The van der Waals surface area contributed by atoms with Crippen molar-refractivity contribution in [2.75, 3.05) is 7.11 Å². The monoisotopic (exact) mass is 265 g/mol. The number of nitrogens with one attached hydrogen (secondary N) is 1. The zero-order valence-electron chi connectivity index (χ0n) is 11.2. The number of methoxy groups -OCH3 is 1. The van der Waals surface area contributed by atoms with Crippen LogP contribution in [-0.4, -0.2) is 18.1 Å². The summed E-state index contributed by atoms with van der Waals surface area (Å²) in [4.78, 5) is 14.6. The van der Waals surface area contributed by atoms with Crippen LogP contribution in [0.2, 0.25) is 0 Å². The van der Waals surface area contributed by atoms with Crippen LogP contribution in [0.15, 0.2) is 54.7 Å². The highest BCUT2D eigenvalue weighted by Crippen LogP contribution is 2.17. The van der Waals surface area contributed by atoms with E-state index in [0.29, 0.717) is 5.56 Å². The molecule has 3 aromatic rings. The van der Waals surface area contributed by atoms with E-state index >= 15 is 0 Å². The van der Waals surface area contributed by atoms with Gasteiger partial charge in [0.25, 0.3) is 0 Å². The van der Waals surface area contributed by atoms with Gasteiger partial charge >= 0.3 is 5.97 Å². The van der Waals surface area contributed by atoms with E-state index in [1.807, 2.05) is 18.3 Å². The van der Waals surface area contributed by atoms with E-state index in [2.05, 4.69) is 29.2 Å². The van der Waals surface area contributed by atoms with Crippen LogP contribution >= 0.6 is 0 Å². The molecule has 0 aliphatic rings. The molecular formula is C17H15NO2. The van der Waals surface area contributed by atoms with E-state index in [9.17, 15) is 4.79 Å². The Morgan fingerprint density at radius 1 is 1.05 bits per heavy atom. The molecule has 1 heterocycles. The Balaban J connectivity index is 1.81. The summed E-state index contributed by atoms with van der Waals surface area (Å²) in [6, 6.07) is 16.0. The van der Waals surface area contributed by atoms with Gasteiger partial charge < -0.3 is 9.72 Å². The number of carbonyl (C=O) groups is 1. The molecule has 20 heavy (non-hydrogen) atoms. The summed E-state index contributed by atoms with van der Waals surface area (Å²) in [7, 11) is 1.39. The summed E-state index contributed by atoms with van der Waals surface area (Å²) < 4.78 is 4.69. The van der Waals surface area contributed by atoms with Crippen molar-refractivity contribution in [2.24, 2.45) is 0 Å². The highest BCUT2D eigenvalue weighted by molar-refractivity contribution is 5.89. The fourth-order valence-electron chi connectivity index (χ4n) is 2.32. The van der Waals surface area contributed by atoms with Gasteiger partial charge in [-0.05, 0) is 53.3 Å². The van der Waals surface area contributed by atoms with Crippen molar-refractivity contribution >= 4 is 16.9 Å². The van der Waals surface area contributed by atoms with Gasteiger partial charge in [0.05, 0.1) is 12.7 Å². The highest BCUT2D eigenvalue weighted by Gasteiger charge is 2.05. The molecule has 0 unspecified atom stereocenters. The zero-order chi connectivity index (χ0) is 13.9. The molecule has 0 atom stereocenters. The second-order valence-electron chi connectivity index (χ2n) is 4.76. The van der Waals surface area contributed by atoms with Gasteiger partial charge in [0.2, 0.25) is 0 Å². The van der Waals surface area contributed by atoms with Gasteiger partial charge in [-0.25, -0.2) is 4.79 Å². The van der Waals surface area contributed by atoms with Crippen LogP contribution in [-0.2, 0) is 11.2 Å². The first-order valence-electron chi connectivity index (χ1n) is 6.49. The third-order valence-electron chi connectivity index (χ3n) is 3.40. The van der Waals surface area contributed by atoms with Gasteiger partial charge in [0.15, 0.2) is 0 Å². The lowest BCUT2D eigenvalue weighted by Gasteiger charge is -2.04. The number of hydrogen-bond acceptors (Lipinski definition) is 2. The van der Waals surface area contributed by atoms with Crippen LogP contribution in [0.25, 0.3) is 10.9 Å². The topological polar surface area (TPSA) is 42.1 Å². The van der Waals surface area contributed by atoms with Crippen molar-refractivity contribution in [3.63, 3.8) is 0 Å². The minimum Gasteiger partial charge on any atom is -0.465 e. The molecule has 0 radical (unpaired) electrons. The van der Waals surface area contributed by atoms with Crippen molar-refractivity contribution in [3.05, 3.63) is 71.4 Å². The molecule has 0 saturated heterocycles. The Morgan fingerprint density at radius 3 is 2.55 bits per heavy atom. The van der Waals surface area contributed by atoms with Crippen LogP contribution < -0.4 is 0 Å². The molecule has 3 rings (SSSR count). The predicted molar refractivity (Wildman–Crippen MR) is 78.9 cm³/mol. The molecule has 0 fully saturated rings. The molecule has 1 aromatic heterocycles. The molecule has 0 bridgehead atoms. The first-order valence-corrected chi connectivity index (χ1v) is 6.49. The SMILES string of the molecule is COC(=O)c1ccc(Cc2ccc3[nH]ccc3c2)cc1. The third-order valence-corrected chi connectivity index (χ3v) is 3.40. The Hall–Kier alpha value is -2.55. The van der Waals surface area contributed by atoms with Crippen LogP contribution in [0, 0.1) is 0 Å². The van der Waals surface area contributed by atoms with Crippen molar-refractivity contribution in [3.8, 4) is 0 Å². The second kappa shape index (κ2) is 5.21. The number of H-pyrrole nitrogens is 1. The summed E-state index contributed by atoms with van der Waals surface area (Å²) in [5.74, 6) is -0.301. The molecule has 0 amide bonds. The Kier molecular flexibility index (Phi) is 3.25. The van der Waals surface area contributed by atoms with Crippen molar-refractivity contribution < 1.29 is 9.53 Å². The number of hydrogen-bond donors (Lipinski definition) is 1. The fourth-order valence-corrected chi connectivity index (χ4v) is 2.32. The molecule has 2 aromatic carbocycles. The van der Waals surface area contributed by atoms with Gasteiger partial charge in [-0.1, -0.05) is 18.2 Å². The summed E-state index contributed by atoms with van der Waals surface area (Å²) in [5, 5.41) is 1.22. The van der Waals surface area contributed by atoms with Gasteiger partial charge in [-0.15, -0.1) is 0 Å². The van der Waals surface area contributed by atoms with E-state index in [4.69, 9.17) is 4.74 Å². The van der Waals surface area contributed by atoms with Gasteiger partial charge in [-0.3, -0.25) is 0 Å². The maximum Gasteiger partial charge on any atom is 0.337 e. The minimum atomic E-state index is -0.301. The number of aromatic amines is 1. The fraction of sp³-hybridized carbons (Fsp3) is 0.118. The molecule has 3 heteroatoms. The zero-order valence-corrected chi connectivity index (χ0v) is 11.2. The number of fused-ring (bicyclic) bond motifs is 1. The Morgan fingerprint density at radius 2 is 1.80 bits per heavy atom. The summed E-state index contributed by atoms with van der Waals surface area (Å²) in [6.07, 6.45) is 2.79. The normalized spacial score (nSPS) is 10.7. The van der Waals surface area contributed by atoms with Crippen LogP contribution in [0.3, 0.4) is 0 Å². The molecule has 3 nitrogen and oxygen atoms in total. The lowest BCUT2D eigenvalue weighted by molar-refractivity contribution is 0.0600. The van der Waals surface area contributed by atoms with Gasteiger partial charge in [0, 0.05) is 11.7 Å². The van der Waals surface area contributed by atoms with E-state index in [1.165, 1.54) is 23.6 Å². The molecule has 0 aliphatic carbocycles. The smallest absolute Gasteiger partial charge is 0.337 e. The first-order chi connectivity index (χ1) is 9.76. The lowest BCUT2D eigenvalue weighted by atomic mass is 10.0. The number of ether oxygens (including phenoxy) is 1. The molecule has 1 N–H and O–H groups in total. The Bertz CT molecular complexity index is 741. The van der Waals surface area contributed by atoms with Crippen LogP contribution in [0.4, 0.5) is 0 Å². The number of benzene rings is 2. The van der Waals surface area contributed by atoms with Crippen molar-refractivity contribution in [1.82, 2.24) is 4.98 Å². The number of aromatic nitrogens is 1. The second-order valence-corrected chi connectivity index (χ2v) is 4.76. The molecule has 0 aliphatic heterocycles. The average Bonchev–Trinajstić information content (AvgIpc) is 2.95. The quantitative estimate of drug-likeness (QED) is 0.736. The lowest BCUT2D eigenvalue weighted by Crippen LogP contribution is -2.00. The van der Waals surface area contributed by atoms with E-state index in [-0.39, 0.29) is 5.97 Å². The van der Waals surface area contributed by atoms with E-state index in [1.54, 1.807) is 12.1 Å². The Labute approximate surface area is 117 Å². The number of esters is 1. The molecule has 100 valence electrons. The summed E-state index contributed by atoms with van der Waals surface area (Å²) in [6.45, 7) is 0. The number of carbonyl (C=O) groups excluding carboxylic acids is 1.